The number of aliphatic hydroxyl groups excluding tert-OH is 2. The van der Waals surface area contributed by atoms with Crippen molar-refractivity contribution in [3.63, 3.8) is 0 Å². The van der Waals surface area contributed by atoms with Crippen LogP contribution in [0.1, 0.15) is 126 Å². The Kier molecular flexibility index (Phi) is 17.3. The van der Waals surface area contributed by atoms with Gasteiger partial charge < -0.3 is 19.7 Å². The summed E-state index contributed by atoms with van der Waals surface area (Å²) in [4.78, 5) is 31.5. The van der Waals surface area contributed by atoms with Crippen LogP contribution in [0.4, 0.5) is 0 Å². The van der Waals surface area contributed by atoms with E-state index in [1.54, 1.807) is 18.2 Å². The van der Waals surface area contributed by atoms with E-state index in [0.717, 1.165) is 59.3 Å². The Bertz CT molecular complexity index is 1790. The smallest absolute Gasteiger partial charge is 0.311 e. The molecule has 56 heavy (non-hydrogen) atoms. The van der Waals surface area contributed by atoms with Gasteiger partial charge in [0.05, 0.1) is 26.1 Å². The van der Waals surface area contributed by atoms with Crippen LogP contribution < -0.4 is 9.47 Å². The van der Waals surface area contributed by atoms with E-state index in [0.29, 0.717) is 35.7 Å². The van der Waals surface area contributed by atoms with Crippen LogP contribution in [0.25, 0.3) is 0 Å². The summed E-state index contributed by atoms with van der Waals surface area (Å²) in [6, 6.07) is 32.7. The maximum Gasteiger partial charge on any atom is 0.311 e. The van der Waals surface area contributed by atoms with Crippen LogP contribution in [-0.4, -0.2) is 69.2 Å². The Hall–Kier alpha value is -4.34. The third-order valence-corrected chi connectivity index (χ3v) is 10.7. The molecule has 4 aromatic carbocycles. The first kappa shape index (κ1) is 44.4. The molecule has 2 N–H and O–H groups in total. The van der Waals surface area contributed by atoms with Gasteiger partial charge in [0.1, 0.15) is 11.5 Å². The first-order valence-corrected chi connectivity index (χ1v) is 20.3. The number of nitrogens with zero attached hydrogens (tertiary/aromatic N) is 2. The van der Waals surface area contributed by atoms with E-state index in [-0.39, 0.29) is 37.9 Å². The molecule has 0 aliphatic rings. The molecule has 0 aromatic heterocycles. The number of esters is 2. The predicted molar refractivity (Wildman–Crippen MR) is 225 cm³/mol. The van der Waals surface area contributed by atoms with E-state index in [9.17, 15) is 19.8 Å². The maximum atomic E-state index is 13.4. The molecule has 0 spiro atoms. The van der Waals surface area contributed by atoms with Gasteiger partial charge in [0.25, 0.3) is 0 Å². The summed E-state index contributed by atoms with van der Waals surface area (Å²) in [5, 5.41) is 20.4. The second kappa shape index (κ2) is 21.8. The molecule has 2 unspecified atom stereocenters. The highest BCUT2D eigenvalue weighted by Gasteiger charge is 2.25. The van der Waals surface area contributed by atoms with E-state index in [4.69, 9.17) is 9.47 Å². The van der Waals surface area contributed by atoms with Crippen LogP contribution >= 0.6 is 0 Å². The topological polar surface area (TPSA) is 99.5 Å². The molecule has 0 fully saturated rings. The molecule has 0 radical (unpaired) electrons. The van der Waals surface area contributed by atoms with Crippen molar-refractivity contribution in [3.8, 4) is 11.5 Å². The summed E-state index contributed by atoms with van der Waals surface area (Å²) in [5.74, 6) is -0.433. The highest BCUT2D eigenvalue weighted by atomic mass is 16.5. The molecular weight excluding hydrogens is 701 g/mol. The highest BCUT2D eigenvalue weighted by Crippen LogP contribution is 2.37. The largest absolute Gasteiger partial charge is 0.427 e. The van der Waals surface area contributed by atoms with Gasteiger partial charge in [-0.1, -0.05) is 72.8 Å². The number of aliphatic hydroxyl groups is 2. The van der Waals surface area contributed by atoms with Crippen molar-refractivity contribution in [1.82, 2.24) is 9.80 Å². The molecule has 4 aromatic rings. The fourth-order valence-corrected chi connectivity index (χ4v) is 7.88. The Morgan fingerprint density at radius 1 is 0.554 bits per heavy atom. The first-order valence-electron chi connectivity index (χ1n) is 20.3. The number of carbonyl (C=O) groups is 2. The van der Waals surface area contributed by atoms with E-state index >= 15 is 0 Å². The molecule has 302 valence electrons. The lowest BCUT2D eigenvalue weighted by Crippen LogP contribution is -2.38. The maximum absolute atomic E-state index is 13.4. The van der Waals surface area contributed by atoms with Gasteiger partial charge in [-0.3, -0.25) is 19.4 Å². The normalized spacial score (nSPS) is 12.9. The quantitative estimate of drug-likeness (QED) is 0.0640. The van der Waals surface area contributed by atoms with Crippen molar-refractivity contribution in [3.05, 3.63) is 130 Å². The van der Waals surface area contributed by atoms with Gasteiger partial charge in [-0.15, -0.1) is 0 Å². The summed E-state index contributed by atoms with van der Waals surface area (Å²) < 4.78 is 11.8. The number of hydrogen-bond acceptors (Lipinski definition) is 8. The fourth-order valence-electron chi connectivity index (χ4n) is 7.88. The Balaban J connectivity index is 1.51. The van der Waals surface area contributed by atoms with Crippen LogP contribution in [0.15, 0.2) is 97.1 Å². The summed E-state index contributed by atoms with van der Waals surface area (Å²) in [5.41, 5.74) is 5.45. The SMILES string of the molecule is CC(C)N(CCC(c1ccccc1)c1cc(OC(=O)CCC(=O)Oc2ccc(CO)cc2C(CCN(C(C)C)C(C)C)c2ccccc2)ccc1CO)C(C)C. The Morgan fingerprint density at radius 3 is 1.50 bits per heavy atom. The molecule has 8 nitrogen and oxygen atoms in total. The van der Waals surface area contributed by atoms with Gasteiger partial charge in [0.2, 0.25) is 0 Å². The molecular formula is C48H64N2O6. The van der Waals surface area contributed by atoms with E-state index in [1.807, 2.05) is 54.6 Å². The molecule has 4 rings (SSSR count). The van der Waals surface area contributed by atoms with Crippen LogP contribution in [-0.2, 0) is 22.8 Å². The lowest BCUT2D eigenvalue weighted by atomic mass is 9.85. The van der Waals surface area contributed by atoms with Gasteiger partial charge in [-0.25, -0.2) is 0 Å². The third kappa shape index (κ3) is 12.6. The van der Waals surface area contributed by atoms with Gasteiger partial charge in [0, 0.05) is 41.6 Å². The minimum atomic E-state index is -0.549. The Labute approximate surface area is 335 Å². The van der Waals surface area contributed by atoms with Crippen molar-refractivity contribution in [2.45, 2.75) is 130 Å². The van der Waals surface area contributed by atoms with Gasteiger partial charge in [0.15, 0.2) is 0 Å². The van der Waals surface area contributed by atoms with Crippen LogP contribution in [0.3, 0.4) is 0 Å². The average Bonchev–Trinajstić information content (AvgIpc) is 3.17. The number of carbonyl (C=O) groups excluding carboxylic acids is 2. The lowest BCUT2D eigenvalue weighted by Gasteiger charge is -2.32. The van der Waals surface area contributed by atoms with E-state index < -0.39 is 11.9 Å². The van der Waals surface area contributed by atoms with E-state index in [1.165, 1.54) is 0 Å². The molecule has 0 saturated carbocycles. The molecule has 8 heteroatoms. The lowest BCUT2D eigenvalue weighted by molar-refractivity contribution is -0.140. The zero-order valence-corrected chi connectivity index (χ0v) is 34.8. The number of hydrogen-bond donors (Lipinski definition) is 2. The Morgan fingerprint density at radius 2 is 1.04 bits per heavy atom. The molecule has 0 heterocycles. The van der Waals surface area contributed by atoms with E-state index in [2.05, 4.69) is 89.5 Å². The first-order chi connectivity index (χ1) is 26.8. The fraction of sp³-hybridized carbons (Fsp3) is 0.458. The van der Waals surface area contributed by atoms with Crippen LogP contribution in [0.2, 0.25) is 0 Å². The number of rotatable bonds is 21. The van der Waals surface area contributed by atoms with Crippen molar-refractivity contribution >= 4 is 11.9 Å². The van der Waals surface area contributed by atoms with Gasteiger partial charge in [-0.2, -0.15) is 0 Å². The van der Waals surface area contributed by atoms with Gasteiger partial charge in [-0.05, 0) is 133 Å². The zero-order valence-electron chi connectivity index (χ0n) is 34.8. The predicted octanol–water partition coefficient (Wildman–Crippen LogP) is 9.24. The molecule has 0 bridgehead atoms. The number of ether oxygens (including phenoxy) is 2. The summed E-state index contributed by atoms with van der Waals surface area (Å²) >= 11 is 0. The second-order valence-electron chi connectivity index (χ2n) is 15.9. The summed E-state index contributed by atoms with van der Waals surface area (Å²) in [7, 11) is 0. The monoisotopic (exact) mass is 764 g/mol. The minimum absolute atomic E-state index is 0.0306. The van der Waals surface area contributed by atoms with Crippen molar-refractivity contribution in [2.24, 2.45) is 0 Å². The molecule has 2 atom stereocenters. The molecule has 0 amide bonds. The summed E-state index contributed by atoms with van der Waals surface area (Å²) in [6.07, 6.45) is 1.26. The van der Waals surface area contributed by atoms with Crippen LogP contribution in [0, 0.1) is 0 Å². The zero-order chi connectivity index (χ0) is 40.8. The molecule has 0 saturated heterocycles. The van der Waals surface area contributed by atoms with Crippen LogP contribution in [0.5, 0.6) is 11.5 Å². The highest BCUT2D eigenvalue weighted by molar-refractivity contribution is 5.80. The van der Waals surface area contributed by atoms with Crippen molar-refractivity contribution in [2.75, 3.05) is 13.1 Å². The molecule has 0 aliphatic heterocycles. The molecule has 0 aliphatic carbocycles. The standard InChI is InChI=1S/C48H64N2O6/c1-33(2)49(34(3)4)27-25-42(38-15-11-9-12-16-38)44-30-41(21-20-40(44)32-52)55-47(53)23-24-48(54)56-46-22-19-37(31-51)29-45(46)43(39-17-13-10-14-18-39)26-28-50(35(5)6)36(7)8/h9-22,29-30,33-36,42-43,51-52H,23-28,31-32H2,1-8H3. The third-order valence-electron chi connectivity index (χ3n) is 10.7. The summed E-state index contributed by atoms with van der Waals surface area (Å²) in [6.45, 7) is 19.0. The second-order valence-corrected chi connectivity index (χ2v) is 15.9. The van der Waals surface area contributed by atoms with Gasteiger partial charge >= 0.3 is 11.9 Å². The average molecular weight is 765 g/mol. The van der Waals surface area contributed by atoms with Crippen molar-refractivity contribution < 1.29 is 29.3 Å². The van der Waals surface area contributed by atoms with Crippen molar-refractivity contribution in [1.29, 1.82) is 0 Å². The minimum Gasteiger partial charge on any atom is -0.427 e. The number of benzene rings is 4.